The van der Waals surface area contributed by atoms with Crippen molar-refractivity contribution in [2.24, 2.45) is 7.05 Å². The van der Waals surface area contributed by atoms with Crippen molar-refractivity contribution in [1.82, 2.24) is 15.0 Å². The van der Waals surface area contributed by atoms with Crippen molar-refractivity contribution < 1.29 is 9.90 Å². The third-order valence-electron chi connectivity index (χ3n) is 2.37. The van der Waals surface area contributed by atoms with E-state index in [0.717, 1.165) is 15.6 Å². The van der Waals surface area contributed by atoms with E-state index < -0.39 is 5.97 Å². The number of carbonyl (C=O) groups is 1. The van der Waals surface area contributed by atoms with E-state index in [2.05, 4.69) is 26.1 Å². The van der Waals surface area contributed by atoms with Gasteiger partial charge in [0, 0.05) is 17.1 Å². The quantitative estimate of drug-likeness (QED) is 0.923. The monoisotopic (exact) mass is 295 g/mol. The minimum absolute atomic E-state index is 0.0336. The summed E-state index contributed by atoms with van der Waals surface area (Å²) in [6, 6.07) is 5.64. The lowest BCUT2D eigenvalue weighted by Crippen LogP contribution is -2.01. The average molecular weight is 296 g/mol. The first-order chi connectivity index (χ1) is 7.99. The Kier molecular flexibility index (Phi) is 2.97. The number of hydrogen-bond donors (Lipinski definition) is 1. The second kappa shape index (κ2) is 4.29. The molecule has 0 aliphatic heterocycles. The molecule has 0 aliphatic carbocycles. The number of nitrogens with zero attached hydrogens (tertiary/aromatic N) is 3. The van der Waals surface area contributed by atoms with Crippen LogP contribution in [0.5, 0.6) is 0 Å². The van der Waals surface area contributed by atoms with Crippen LogP contribution >= 0.6 is 15.9 Å². The van der Waals surface area contributed by atoms with Crippen molar-refractivity contribution in [1.29, 1.82) is 0 Å². The van der Waals surface area contributed by atoms with Crippen LogP contribution in [-0.2, 0) is 7.05 Å². The molecule has 1 aromatic carbocycles. The molecule has 88 valence electrons. The van der Waals surface area contributed by atoms with E-state index in [1.165, 1.54) is 4.80 Å². The maximum absolute atomic E-state index is 11.1. The molecule has 0 fully saturated rings. The lowest BCUT2D eigenvalue weighted by molar-refractivity contribution is 0.0690. The van der Waals surface area contributed by atoms with Crippen LogP contribution in [0.2, 0.25) is 0 Å². The molecule has 2 aromatic rings. The number of rotatable bonds is 2. The van der Waals surface area contributed by atoms with Crippen molar-refractivity contribution in [3.05, 3.63) is 33.9 Å². The lowest BCUT2D eigenvalue weighted by Gasteiger charge is -2.03. The van der Waals surface area contributed by atoms with Crippen LogP contribution in [0.25, 0.3) is 11.3 Å². The molecule has 1 N–H and O–H groups in total. The van der Waals surface area contributed by atoms with Crippen LogP contribution in [0.15, 0.2) is 22.7 Å². The normalized spacial score (nSPS) is 10.5. The molecule has 6 heteroatoms. The van der Waals surface area contributed by atoms with Crippen LogP contribution in [0.3, 0.4) is 0 Å². The topological polar surface area (TPSA) is 68.0 Å². The number of benzene rings is 1. The minimum atomic E-state index is -1.08. The number of hydrogen-bond acceptors (Lipinski definition) is 3. The van der Waals surface area contributed by atoms with Gasteiger partial charge >= 0.3 is 5.97 Å². The van der Waals surface area contributed by atoms with E-state index >= 15 is 0 Å². The third-order valence-corrected chi connectivity index (χ3v) is 2.86. The molecular formula is C11H10BrN3O2. The zero-order chi connectivity index (χ0) is 12.6. The SMILES string of the molecule is Cc1ccc(Br)cc1-c1nn(C)nc1C(=O)O. The van der Waals surface area contributed by atoms with Gasteiger partial charge in [0.05, 0.1) is 0 Å². The highest BCUT2D eigenvalue weighted by Crippen LogP contribution is 2.27. The van der Waals surface area contributed by atoms with Gasteiger partial charge in [0.1, 0.15) is 5.69 Å². The zero-order valence-electron chi connectivity index (χ0n) is 9.31. The fourth-order valence-corrected chi connectivity index (χ4v) is 1.94. The first-order valence-corrected chi connectivity index (χ1v) is 5.69. The summed E-state index contributed by atoms with van der Waals surface area (Å²) in [6.07, 6.45) is 0. The average Bonchev–Trinajstić information content (AvgIpc) is 2.64. The number of aromatic nitrogens is 3. The van der Waals surface area contributed by atoms with E-state index in [9.17, 15) is 4.79 Å². The molecular weight excluding hydrogens is 286 g/mol. The summed E-state index contributed by atoms with van der Waals surface area (Å²) in [5.41, 5.74) is 2.08. The van der Waals surface area contributed by atoms with Crippen molar-refractivity contribution in [3.8, 4) is 11.3 Å². The highest BCUT2D eigenvalue weighted by atomic mass is 79.9. The number of halogens is 1. The number of aromatic carboxylic acids is 1. The molecule has 0 bridgehead atoms. The summed E-state index contributed by atoms with van der Waals surface area (Å²) in [6.45, 7) is 1.90. The molecule has 0 amide bonds. The van der Waals surface area contributed by atoms with Gasteiger partial charge in [-0.2, -0.15) is 9.90 Å². The van der Waals surface area contributed by atoms with Crippen molar-refractivity contribution in [2.75, 3.05) is 0 Å². The van der Waals surface area contributed by atoms with E-state index in [1.807, 2.05) is 25.1 Å². The molecule has 0 unspecified atom stereocenters. The van der Waals surface area contributed by atoms with Crippen molar-refractivity contribution >= 4 is 21.9 Å². The van der Waals surface area contributed by atoms with Gasteiger partial charge in [0.2, 0.25) is 0 Å². The van der Waals surface area contributed by atoms with Gasteiger partial charge < -0.3 is 5.11 Å². The van der Waals surface area contributed by atoms with Gasteiger partial charge in [-0.15, -0.1) is 5.10 Å². The molecule has 0 aliphatic rings. The summed E-state index contributed by atoms with van der Waals surface area (Å²) in [7, 11) is 1.60. The summed E-state index contributed by atoms with van der Waals surface area (Å²) in [5, 5.41) is 17.0. The Hall–Kier alpha value is -1.69. The van der Waals surface area contributed by atoms with E-state index in [-0.39, 0.29) is 5.69 Å². The molecule has 0 saturated heterocycles. The van der Waals surface area contributed by atoms with Gasteiger partial charge in [-0.25, -0.2) is 4.79 Å². The summed E-state index contributed by atoms with van der Waals surface area (Å²) >= 11 is 3.36. The van der Waals surface area contributed by atoms with Gasteiger partial charge in [-0.05, 0) is 24.6 Å². The molecule has 5 nitrogen and oxygen atoms in total. The summed E-state index contributed by atoms with van der Waals surface area (Å²) < 4.78 is 0.875. The Morgan fingerprint density at radius 2 is 2.12 bits per heavy atom. The molecule has 17 heavy (non-hydrogen) atoms. The van der Waals surface area contributed by atoms with E-state index in [1.54, 1.807) is 7.05 Å². The van der Waals surface area contributed by atoms with Gasteiger partial charge in [0.25, 0.3) is 0 Å². The van der Waals surface area contributed by atoms with Crippen LogP contribution < -0.4 is 0 Å². The second-order valence-corrected chi connectivity index (χ2v) is 4.57. The maximum atomic E-state index is 11.1. The fourth-order valence-electron chi connectivity index (χ4n) is 1.58. The molecule has 1 aromatic heterocycles. The first kappa shape index (κ1) is 11.8. The lowest BCUT2D eigenvalue weighted by atomic mass is 10.0. The molecule has 0 radical (unpaired) electrons. The van der Waals surface area contributed by atoms with E-state index in [4.69, 9.17) is 5.11 Å². The smallest absolute Gasteiger partial charge is 0.358 e. The Morgan fingerprint density at radius 1 is 1.41 bits per heavy atom. The molecule has 0 spiro atoms. The van der Waals surface area contributed by atoms with Crippen molar-refractivity contribution in [2.45, 2.75) is 6.92 Å². The zero-order valence-corrected chi connectivity index (χ0v) is 10.9. The van der Waals surface area contributed by atoms with Gasteiger partial charge in [-0.3, -0.25) is 0 Å². The van der Waals surface area contributed by atoms with E-state index in [0.29, 0.717) is 5.69 Å². The minimum Gasteiger partial charge on any atom is -0.476 e. The fraction of sp³-hybridized carbons (Fsp3) is 0.182. The van der Waals surface area contributed by atoms with Crippen LogP contribution in [0, 0.1) is 6.92 Å². The maximum Gasteiger partial charge on any atom is 0.358 e. The number of aryl methyl sites for hydroxylation is 2. The Balaban J connectivity index is 2.67. The molecule has 0 saturated carbocycles. The van der Waals surface area contributed by atoms with Crippen molar-refractivity contribution in [3.63, 3.8) is 0 Å². The molecule has 2 rings (SSSR count). The van der Waals surface area contributed by atoms with Crippen LogP contribution in [-0.4, -0.2) is 26.1 Å². The Morgan fingerprint density at radius 3 is 2.76 bits per heavy atom. The third kappa shape index (κ3) is 2.21. The largest absolute Gasteiger partial charge is 0.476 e. The predicted molar refractivity (Wildman–Crippen MR) is 65.8 cm³/mol. The first-order valence-electron chi connectivity index (χ1n) is 4.90. The summed E-state index contributed by atoms with van der Waals surface area (Å²) in [4.78, 5) is 12.3. The number of carboxylic acids is 1. The van der Waals surface area contributed by atoms with Gasteiger partial charge in [0.15, 0.2) is 5.69 Å². The standard InChI is InChI=1S/C11H10BrN3O2/c1-6-3-4-7(12)5-8(6)9-10(11(16)17)14-15(2)13-9/h3-5H,1-2H3,(H,16,17). The van der Waals surface area contributed by atoms with Crippen LogP contribution in [0.4, 0.5) is 0 Å². The second-order valence-electron chi connectivity index (χ2n) is 3.65. The molecule has 0 atom stereocenters. The van der Waals surface area contributed by atoms with Gasteiger partial charge in [-0.1, -0.05) is 22.0 Å². The highest BCUT2D eigenvalue weighted by Gasteiger charge is 2.19. The Labute approximate surface area is 106 Å². The number of carboxylic acid groups (broad SMARTS) is 1. The Bertz CT molecular complexity index is 592. The summed E-state index contributed by atoms with van der Waals surface area (Å²) in [5.74, 6) is -1.08. The molecule has 1 heterocycles. The van der Waals surface area contributed by atoms with Crippen LogP contribution in [0.1, 0.15) is 16.1 Å². The highest BCUT2D eigenvalue weighted by molar-refractivity contribution is 9.10. The predicted octanol–water partition coefficient (Wildman–Crippen LogP) is 2.25.